The largest absolute Gasteiger partial charge is 0.439 e. The number of aliphatic hydroxyl groups excluding tert-OH is 1. The molecule has 1 saturated heterocycles. The molecule has 1 aliphatic rings. The fourth-order valence-electron chi connectivity index (χ4n) is 2.56. The molecule has 0 bridgehead atoms. The van der Waals surface area contributed by atoms with Gasteiger partial charge < -0.3 is 9.52 Å². The minimum atomic E-state index is -0.217. The number of piperidine rings is 1. The predicted molar refractivity (Wildman–Crippen MR) is 69.2 cm³/mol. The molecule has 0 spiro atoms. The molecule has 0 aliphatic carbocycles. The molecule has 4 nitrogen and oxygen atoms in total. The Kier molecular flexibility index (Phi) is 3.06. The quantitative estimate of drug-likeness (QED) is 0.883. The zero-order valence-electron chi connectivity index (χ0n) is 10.5. The maximum Gasteiger partial charge on any atom is 0.212 e. The third-order valence-electron chi connectivity index (χ3n) is 3.64. The lowest BCUT2D eigenvalue weighted by Gasteiger charge is -2.33. The highest BCUT2D eigenvalue weighted by Crippen LogP contribution is 2.26. The highest BCUT2D eigenvalue weighted by Gasteiger charge is 2.25. The highest BCUT2D eigenvalue weighted by atomic mass is 16.3. The van der Waals surface area contributed by atoms with Gasteiger partial charge in [-0.3, -0.25) is 4.90 Å². The number of aliphatic hydroxyl groups is 1. The van der Waals surface area contributed by atoms with Crippen LogP contribution in [-0.2, 0) is 0 Å². The summed E-state index contributed by atoms with van der Waals surface area (Å²) < 4.78 is 5.78. The van der Waals surface area contributed by atoms with E-state index in [9.17, 15) is 5.11 Å². The van der Waals surface area contributed by atoms with Crippen molar-refractivity contribution < 1.29 is 9.52 Å². The molecule has 2 unspecified atom stereocenters. The van der Waals surface area contributed by atoms with Crippen molar-refractivity contribution in [3.8, 4) is 0 Å². The number of hydrogen-bond acceptors (Lipinski definition) is 4. The van der Waals surface area contributed by atoms with Gasteiger partial charge in [-0.2, -0.15) is 0 Å². The molecule has 3 rings (SSSR count). The molecule has 4 heteroatoms. The molecule has 2 heterocycles. The molecule has 0 saturated carbocycles. The zero-order valence-corrected chi connectivity index (χ0v) is 10.5. The van der Waals surface area contributed by atoms with E-state index in [0.29, 0.717) is 6.54 Å². The summed E-state index contributed by atoms with van der Waals surface area (Å²) in [6.45, 7) is 3.79. The summed E-state index contributed by atoms with van der Waals surface area (Å²) in [5.74, 6) is 0.741. The van der Waals surface area contributed by atoms with Gasteiger partial charge in [-0.15, -0.1) is 0 Å². The number of benzene rings is 1. The van der Waals surface area contributed by atoms with Gasteiger partial charge >= 0.3 is 0 Å². The maximum absolute atomic E-state index is 9.72. The summed E-state index contributed by atoms with van der Waals surface area (Å²) in [7, 11) is 0. The molecular weight excluding hydrogens is 228 g/mol. The second kappa shape index (κ2) is 4.71. The van der Waals surface area contributed by atoms with Crippen molar-refractivity contribution in [1.82, 2.24) is 9.88 Å². The number of fused-ring (bicyclic) bond motifs is 1. The number of likely N-dealkylation sites (tertiary alicyclic amines) is 1. The summed E-state index contributed by atoms with van der Waals surface area (Å²) in [6, 6.07) is 7.92. The molecule has 96 valence electrons. The van der Waals surface area contributed by atoms with Gasteiger partial charge in [0.1, 0.15) is 5.52 Å². The summed E-state index contributed by atoms with van der Waals surface area (Å²) in [4.78, 5) is 6.76. The Bertz CT molecular complexity index is 504. The smallest absolute Gasteiger partial charge is 0.212 e. The van der Waals surface area contributed by atoms with Gasteiger partial charge in [0.2, 0.25) is 5.89 Å². The van der Waals surface area contributed by atoms with Crippen molar-refractivity contribution in [2.45, 2.75) is 31.9 Å². The van der Waals surface area contributed by atoms with Crippen LogP contribution in [0.4, 0.5) is 0 Å². The van der Waals surface area contributed by atoms with Crippen molar-refractivity contribution in [3.05, 3.63) is 30.2 Å². The van der Waals surface area contributed by atoms with Crippen LogP contribution < -0.4 is 0 Å². The molecule has 2 aromatic rings. The number of nitrogens with zero attached hydrogens (tertiary/aromatic N) is 2. The summed E-state index contributed by atoms with van der Waals surface area (Å²) in [5, 5.41) is 9.72. The Labute approximate surface area is 106 Å². The number of hydrogen-bond donors (Lipinski definition) is 1. The lowest BCUT2D eigenvalue weighted by molar-refractivity contribution is 0.0443. The van der Waals surface area contributed by atoms with E-state index >= 15 is 0 Å². The minimum Gasteiger partial charge on any atom is -0.439 e. The van der Waals surface area contributed by atoms with Gasteiger partial charge in [-0.25, -0.2) is 4.98 Å². The maximum atomic E-state index is 9.72. The Hall–Kier alpha value is -1.39. The number of rotatable bonds is 2. The molecule has 1 fully saturated rings. The number of aromatic nitrogens is 1. The van der Waals surface area contributed by atoms with E-state index in [1.54, 1.807) is 0 Å². The summed E-state index contributed by atoms with van der Waals surface area (Å²) >= 11 is 0. The SMILES string of the molecule is CC(c1nc2ccccc2o1)N1CCCC(O)C1. The van der Waals surface area contributed by atoms with Gasteiger partial charge in [0, 0.05) is 6.54 Å². The van der Waals surface area contributed by atoms with Crippen LogP contribution >= 0.6 is 0 Å². The topological polar surface area (TPSA) is 49.5 Å². The van der Waals surface area contributed by atoms with Gasteiger partial charge in [0.15, 0.2) is 5.58 Å². The first-order chi connectivity index (χ1) is 8.74. The molecule has 1 aromatic heterocycles. The number of para-hydroxylation sites is 2. The van der Waals surface area contributed by atoms with Crippen molar-refractivity contribution in [2.75, 3.05) is 13.1 Å². The van der Waals surface area contributed by atoms with E-state index < -0.39 is 0 Å². The van der Waals surface area contributed by atoms with Crippen molar-refractivity contribution >= 4 is 11.1 Å². The minimum absolute atomic E-state index is 0.118. The van der Waals surface area contributed by atoms with E-state index in [-0.39, 0.29) is 12.1 Å². The Morgan fingerprint density at radius 2 is 2.28 bits per heavy atom. The second-order valence-corrected chi connectivity index (χ2v) is 4.99. The second-order valence-electron chi connectivity index (χ2n) is 4.99. The van der Waals surface area contributed by atoms with Crippen LogP contribution in [0.3, 0.4) is 0 Å². The molecular formula is C14H18N2O2. The summed E-state index contributed by atoms with van der Waals surface area (Å²) in [5.41, 5.74) is 1.73. The van der Waals surface area contributed by atoms with E-state index in [0.717, 1.165) is 36.4 Å². The highest BCUT2D eigenvalue weighted by molar-refractivity contribution is 5.72. The van der Waals surface area contributed by atoms with Gasteiger partial charge in [-0.1, -0.05) is 12.1 Å². The Morgan fingerprint density at radius 3 is 3.06 bits per heavy atom. The summed E-state index contributed by atoms with van der Waals surface area (Å²) in [6.07, 6.45) is 1.72. The van der Waals surface area contributed by atoms with Crippen molar-refractivity contribution in [3.63, 3.8) is 0 Å². The van der Waals surface area contributed by atoms with E-state index in [2.05, 4.69) is 16.8 Å². The average Bonchev–Trinajstić information content (AvgIpc) is 2.81. The molecule has 1 N–H and O–H groups in total. The van der Waals surface area contributed by atoms with Crippen LogP contribution in [0.25, 0.3) is 11.1 Å². The predicted octanol–water partition coefficient (Wildman–Crippen LogP) is 2.35. The molecule has 1 aliphatic heterocycles. The van der Waals surface area contributed by atoms with Crippen LogP contribution in [-0.4, -0.2) is 34.2 Å². The van der Waals surface area contributed by atoms with E-state index in [1.165, 1.54) is 0 Å². The monoisotopic (exact) mass is 246 g/mol. The van der Waals surface area contributed by atoms with E-state index in [1.807, 2.05) is 24.3 Å². The Morgan fingerprint density at radius 1 is 1.44 bits per heavy atom. The Balaban J connectivity index is 1.84. The third-order valence-corrected chi connectivity index (χ3v) is 3.64. The molecule has 0 radical (unpaired) electrons. The third kappa shape index (κ3) is 2.13. The molecule has 1 aromatic carbocycles. The first kappa shape index (κ1) is 11.7. The van der Waals surface area contributed by atoms with Crippen molar-refractivity contribution in [1.29, 1.82) is 0 Å². The van der Waals surface area contributed by atoms with Gasteiger partial charge in [-0.05, 0) is 38.4 Å². The fraction of sp³-hybridized carbons (Fsp3) is 0.500. The number of oxazole rings is 1. The first-order valence-corrected chi connectivity index (χ1v) is 6.51. The lowest BCUT2D eigenvalue weighted by atomic mass is 10.1. The standard InChI is InChI=1S/C14H18N2O2/c1-10(16-8-4-5-11(17)9-16)14-15-12-6-2-3-7-13(12)18-14/h2-3,6-7,10-11,17H,4-5,8-9H2,1H3. The molecule has 18 heavy (non-hydrogen) atoms. The lowest BCUT2D eigenvalue weighted by Crippen LogP contribution is -2.39. The molecule has 0 amide bonds. The zero-order chi connectivity index (χ0) is 12.5. The average molecular weight is 246 g/mol. The fourth-order valence-corrected chi connectivity index (χ4v) is 2.56. The van der Waals surface area contributed by atoms with Crippen LogP contribution in [0.2, 0.25) is 0 Å². The van der Waals surface area contributed by atoms with E-state index in [4.69, 9.17) is 4.42 Å². The van der Waals surface area contributed by atoms with Gasteiger partial charge in [0.25, 0.3) is 0 Å². The van der Waals surface area contributed by atoms with Crippen LogP contribution in [0.15, 0.2) is 28.7 Å². The first-order valence-electron chi connectivity index (χ1n) is 6.51. The van der Waals surface area contributed by atoms with Crippen LogP contribution in [0.5, 0.6) is 0 Å². The normalized spacial score (nSPS) is 23.3. The van der Waals surface area contributed by atoms with Crippen molar-refractivity contribution in [2.24, 2.45) is 0 Å². The van der Waals surface area contributed by atoms with Crippen LogP contribution in [0.1, 0.15) is 31.7 Å². The molecule has 2 atom stereocenters. The van der Waals surface area contributed by atoms with Gasteiger partial charge in [0.05, 0.1) is 12.1 Å². The number of β-amino-alcohol motifs (C(OH)–C–C–N with tert-alkyl or cyclic N) is 1. The van der Waals surface area contributed by atoms with Crippen LogP contribution in [0, 0.1) is 0 Å².